The number of ether oxygens (including phenoxy) is 1. The number of para-hydroxylation sites is 1. The number of aromatic nitrogens is 3. The second-order valence-electron chi connectivity index (χ2n) is 5.30. The van der Waals surface area contributed by atoms with Crippen LogP contribution in [0.1, 0.15) is 24.4 Å². The van der Waals surface area contributed by atoms with Crippen LogP contribution in [0, 0.1) is 0 Å². The van der Waals surface area contributed by atoms with Gasteiger partial charge in [-0.15, -0.1) is 21.5 Å². The van der Waals surface area contributed by atoms with Gasteiger partial charge in [-0.05, 0) is 23.9 Å². The molecule has 122 valence electrons. The fourth-order valence-electron chi connectivity index (χ4n) is 2.47. The molecule has 0 saturated carbocycles. The van der Waals surface area contributed by atoms with Crippen LogP contribution in [0.4, 0.5) is 5.69 Å². The van der Waals surface area contributed by atoms with Gasteiger partial charge >= 0.3 is 0 Å². The summed E-state index contributed by atoms with van der Waals surface area (Å²) in [5.41, 5.74) is 2.61. The van der Waals surface area contributed by atoms with Crippen molar-refractivity contribution in [3.8, 4) is 17.1 Å². The maximum atomic E-state index is 6.18. The standard InChI is InChI=1S/C17H16N4OS2/c1-2-9-24-17-19-16-14(20-21-17)11-6-3-4-7-12(11)18-15(22-16)13-8-5-10-23-13/h3-8,10,15,18H,2,9H2,1H3/t15-/m0/s1. The van der Waals surface area contributed by atoms with Crippen molar-refractivity contribution in [1.82, 2.24) is 15.2 Å². The SMILES string of the molecule is CCCSc1nnc2c(n1)O[C@@H](c1cccs1)Nc1ccccc1-2. The van der Waals surface area contributed by atoms with Crippen molar-refractivity contribution in [1.29, 1.82) is 0 Å². The molecule has 0 bridgehead atoms. The number of hydrogen-bond donors (Lipinski definition) is 1. The maximum Gasteiger partial charge on any atom is 0.247 e. The molecule has 2 aromatic heterocycles. The number of anilines is 1. The zero-order valence-electron chi connectivity index (χ0n) is 13.1. The van der Waals surface area contributed by atoms with Gasteiger partial charge in [0.25, 0.3) is 0 Å². The lowest BCUT2D eigenvalue weighted by atomic mass is 10.1. The minimum absolute atomic E-state index is 0.284. The second kappa shape index (κ2) is 6.78. The van der Waals surface area contributed by atoms with Crippen LogP contribution in [-0.4, -0.2) is 20.9 Å². The third-order valence-electron chi connectivity index (χ3n) is 3.57. The van der Waals surface area contributed by atoms with Crippen LogP contribution in [0.5, 0.6) is 5.88 Å². The van der Waals surface area contributed by atoms with E-state index in [4.69, 9.17) is 4.74 Å². The van der Waals surface area contributed by atoms with E-state index in [0.29, 0.717) is 16.7 Å². The molecule has 0 unspecified atom stereocenters. The first-order valence-corrected chi connectivity index (χ1v) is 9.65. The maximum absolute atomic E-state index is 6.18. The Balaban J connectivity index is 1.79. The summed E-state index contributed by atoms with van der Waals surface area (Å²) in [5.74, 6) is 1.49. The van der Waals surface area contributed by atoms with Gasteiger partial charge < -0.3 is 10.1 Å². The van der Waals surface area contributed by atoms with E-state index in [2.05, 4.69) is 33.5 Å². The number of hydrogen-bond acceptors (Lipinski definition) is 7. The van der Waals surface area contributed by atoms with Crippen molar-refractivity contribution in [3.63, 3.8) is 0 Å². The third kappa shape index (κ3) is 2.97. The number of nitrogens with zero attached hydrogens (tertiary/aromatic N) is 3. The summed E-state index contributed by atoms with van der Waals surface area (Å²) in [6.07, 6.45) is 0.780. The van der Waals surface area contributed by atoms with E-state index >= 15 is 0 Å². The Kier molecular flexibility index (Phi) is 4.36. The summed E-state index contributed by atoms with van der Waals surface area (Å²) in [6, 6.07) is 12.1. The molecule has 1 aromatic carbocycles. The average Bonchev–Trinajstić information content (AvgIpc) is 3.09. The Hall–Kier alpha value is -2.12. The summed E-state index contributed by atoms with van der Waals surface area (Å²) in [7, 11) is 0. The monoisotopic (exact) mass is 356 g/mol. The van der Waals surface area contributed by atoms with Gasteiger partial charge in [0.2, 0.25) is 17.3 Å². The average molecular weight is 356 g/mol. The quantitative estimate of drug-likeness (QED) is 0.689. The Morgan fingerprint density at radius 1 is 1.21 bits per heavy atom. The van der Waals surface area contributed by atoms with Crippen LogP contribution in [0.3, 0.4) is 0 Å². The Labute approximate surface area is 148 Å². The second-order valence-corrected chi connectivity index (χ2v) is 7.34. The van der Waals surface area contributed by atoms with Crippen molar-refractivity contribution >= 4 is 28.8 Å². The van der Waals surface area contributed by atoms with Gasteiger partial charge in [0.15, 0.2) is 5.69 Å². The Bertz CT molecular complexity index is 838. The number of thiophene rings is 1. The smallest absolute Gasteiger partial charge is 0.247 e. The zero-order valence-corrected chi connectivity index (χ0v) is 14.7. The highest BCUT2D eigenvalue weighted by molar-refractivity contribution is 7.99. The predicted molar refractivity (Wildman–Crippen MR) is 97.6 cm³/mol. The third-order valence-corrected chi connectivity index (χ3v) is 5.53. The van der Waals surface area contributed by atoms with Crippen molar-refractivity contribution in [3.05, 3.63) is 46.7 Å². The molecule has 5 nitrogen and oxygen atoms in total. The van der Waals surface area contributed by atoms with E-state index in [1.807, 2.05) is 35.7 Å². The zero-order chi connectivity index (χ0) is 16.4. The lowest BCUT2D eigenvalue weighted by Crippen LogP contribution is -2.15. The normalized spacial score (nSPS) is 15.6. The summed E-state index contributed by atoms with van der Waals surface area (Å²) < 4.78 is 6.18. The molecule has 0 spiro atoms. The van der Waals surface area contributed by atoms with E-state index in [1.54, 1.807) is 23.1 Å². The van der Waals surface area contributed by atoms with Gasteiger partial charge in [-0.2, -0.15) is 4.98 Å². The van der Waals surface area contributed by atoms with Crippen LogP contribution >= 0.6 is 23.1 Å². The predicted octanol–water partition coefficient (Wildman–Crippen LogP) is 4.61. The summed E-state index contributed by atoms with van der Waals surface area (Å²) in [5, 5.41) is 14.8. The van der Waals surface area contributed by atoms with Gasteiger partial charge in [-0.25, -0.2) is 0 Å². The fourth-order valence-corrected chi connectivity index (χ4v) is 3.81. The van der Waals surface area contributed by atoms with Gasteiger partial charge in [0.1, 0.15) is 0 Å². The lowest BCUT2D eigenvalue weighted by Gasteiger charge is -2.17. The molecule has 3 heterocycles. The fraction of sp³-hybridized carbons (Fsp3) is 0.235. The summed E-state index contributed by atoms with van der Waals surface area (Å²) >= 11 is 3.25. The first-order chi connectivity index (χ1) is 11.8. The molecule has 3 aromatic rings. The molecule has 1 N–H and O–H groups in total. The molecule has 7 heteroatoms. The topological polar surface area (TPSA) is 59.9 Å². The molecule has 0 amide bonds. The minimum Gasteiger partial charge on any atom is -0.447 e. The van der Waals surface area contributed by atoms with E-state index in [0.717, 1.165) is 28.3 Å². The highest BCUT2D eigenvalue weighted by Gasteiger charge is 2.26. The van der Waals surface area contributed by atoms with Crippen LogP contribution in [0.25, 0.3) is 11.3 Å². The van der Waals surface area contributed by atoms with E-state index in [-0.39, 0.29) is 6.23 Å². The first kappa shape index (κ1) is 15.4. The highest BCUT2D eigenvalue weighted by Crippen LogP contribution is 2.40. The highest BCUT2D eigenvalue weighted by atomic mass is 32.2. The number of rotatable bonds is 4. The number of benzene rings is 1. The van der Waals surface area contributed by atoms with Crippen LogP contribution in [0.2, 0.25) is 0 Å². The molecule has 0 saturated heterocycles. The molecule has 0 fully saturated rings. The number of thioether (sulfide) groups is 1. The van der Waals surface area contributed by atoms with Crippen LogP contribution in [0.15, 0.2) is 46.9 Å². The largest absolute Gasteiger partial charge is 0.447 e. The van der Waals surface area contributed by atoms with Crippen molar-refractivity contribution in [2.24, 2.45) is 0 Å². The van der Waals surface area contributed by atoms with Crippen molar-refractivity contribution in [2.45, 2.75) is 24.7 Å². The number of fused-ring (bicyclic) bond motifs is 3. The van der Waals surface area contributed by atoms with Gasteiger partial charge in [0.05, 0.1) is 4.88 Å². The molecule has 4 rings (SSSR count). The Morgan fingerprint density at radius 2 is 2.12 bits per heavy atom. The molecule has 0 radical (unpaired) electrons. The molecular weight excluding hydrogens is 340 g/mol. The molecule has 24 heavy (non-hydrogen) atoms. The molecular formula is C17H16N4OS2. The van der Waals surface area contributed by atoms with Gasteiger partial charge in [0, 0.05) is 17.0 Å². The first-order valence-electron chi connectivity index (χ1n) is 7.78. The molecule has 1 aliphatic rings. The van der Waals surface area contributed by atoms with Crippen LogP contribution < -0.4 is 10.1 Å². The van der Waals surface area contributed by atoms with Gasteiger partial charge in [-0.1, -0.05) is 43.0 Å². The lowest BCUT2D eigenvalue weighted by molar-refractivity contribution is 0.229. The summed E-state index contributed by atoms with van der Waals surface area (Å²) in [4.78, 5) is 5.70. The van der Waals surface area contributed by atoms with E-state index in [1.165, 1.54) is 0 Å². The van der Waals surface area contributed by atoms with E-state index < -0.39 is 0 Å². The van der Waals surface area contributed by atoms with Gasteiger partial charge in [-0.3, -0.25) is 0 Å². The van der Waals surface area contributed by atoms with E-state index in [9.17, 15) is 0 Å². The van der Waals surface area contributed by atoms with Crippen molar-refractivity contribution in [2.75, 3.05) is 11.1 Å². The molecule has 0 aliphatic carbocycles. The number of nitrogens with one attached hydrogen (secondary N) is 1. The minimum atomic E-state index is -0.284. The molecule has 1 aliphatic heterocycles. The Morgan fingerprint density at radius 3 is 2.96 bits per heavy atom. The molecule has 1 atom stereocenters. The van der Waals surface area contributed by atoms with Crippen molar-refractivity contribution < 1.29 is 4.74 Å². The van der Waals surface area contributed by atoms with Crippen LogP contribution in [-0.2, 0) is 0 Å². The summed E-state index contributed by atoms with van der Waals surface area (Å²) in [6.45, 7) is 2.13.